The molecule has 0 unspecified atom stereocenters. The van der Waals surface area contributed by atoms with Crippen LogP contribution in [0, 0.1) is 29.9 Å². The van der Waals surface area contributed by atoms with Crippen molar-refractivity contribution in [3.63, 3.8) is 0 Å². The van der Waals surface area contributed by atoms with E-state index in [1.165, 1.54) is 22.3 Å². The van der Waals surface area contributed by atoms with E-state index >= 15 is 0 Å². The van der Waals surface area contributed by atoms with Crippen molar-refractivity contribution in [1.29, 1.82) is 0 Å². The van der Waals surface area contributed by atoms with Gasteiger partial charge in [0.25, 0.3) is 0 Å². The van der Waals surface area contributed by atoms with Crippen LogP contribution in [0.15, 0.2) is 115 Å². The molecule has 0 fully saturated rings. The lowest BCUT2D eigenvalue weighted by molar-refractivity contribution is 1.28. The van der Waals surface area contributed by atoms with Gasteiger partial charge in [-0.2, -0.15) is 0 Å². The zero-order valence-electron chi connectivity index (χ0n) is 27.5. The minimum Gasteiger partial charge on any atom is -0.399 e. The minimum atomic E-state index is -1.47. The molecule has 0 heterocycles. The maximum absolute atomic E-state index is 6.05. The molecule has 0 amide bonds. The first-order valence-electron chi connectivity index (χ1n) is 15.5. The Labute approximate surface area is 272 Å². The van der Waals surface area contributed by atoms with Gasteiger partial charge in [0.1, 0.15) is 16.1 Å². The zero-order valence-corrected chi connectivity index (χ0v) is 29.5. The summed E-state index contributed by atoms with van der Waals surface area (Å²) < 4.78 is 0. The van der Waals surface area contributed by atoms with E-state index in [4.69, 9.17) is 5.73 Å². The summed E-state index contributed by atoms with van der Waals surface area (Å²) in [6, 6.07) is 40.8. The third-order valence-electron chi connectivity index (χ3n) is 7.23. The molecule has 0 radical (unpaired) electrons. The zero-order chi connectivity index (χ0) is 32.2. The number of anilines is 4. The molecule has 0 aromatic heterocycles. The highest BCUT2D eigenvalue weighted by molar-refractivity contribution is 6.84. The van der Waals surface area contributed by atoms with E-state index in [-0.39, 0.29) is 0 Å². The molecule has 0 saturated heterocycles. The van der Waals surface area contributed by atoms with Crippen molar-refractivity contribution in [2.75, 3.05) is 10.6 Å². The largest absolute Gasteiger partial charge is 0.399 e. The van der Waals surface area contributed by atoms with Gasteiger partial charge >= 0.3 is 0 Å². The Morgan fingerprint density at radius 3 is 1.51 bits per heavy atom. The van der Waals surface area contributed by atoms with Crippen LogP contribution in [0.2, 0.25) is 39.3 Å². The Hall–Kier alpha value is -4.75. The molecule has 2 nitrogen and oxygen atoms in total. The first kappa shape index (κ1) is 31.7. The third kappa shape index (κ3) is 8.46. The van der Waals surface area contributed by atoms with Gasteiger partial charge in [-0.1, -0.05) is 99.2 Å². The van der Waals surface area contributed by atoms with E-state index in [1.54, 1.807) is 0 Å². The molecule has 224 valence electrons. The van der Waals surface area contributed by atoms with Crippen molar-refractivity contribution in [2.24, 2.45) is 0 Å². The smallest absolute Gasteiger partial charge is 0.129 e. The van der Waals surface area contributed by atoms with E-state index in [1.807, 2.05) is 12.1 Å². The quantitative estimate of drug-likeness (QED) is 0.121. The average Bonchev–Trinajstić information content (AvgIpc) is 3.00. The van der Waals surface area contributed by atoms with Crippen molar-refractivity contribution in [1.82, 2.24) is 0 Å². The highest BCUT2D eigenvalue weighted by Gasteiger charge is 2.17. The predicted octanol–water partition coefficient (Wildman–Crippen LogP) is 10.8. The number of aryl methyl sites for hydroxylation is 1. The maximum atomic E-state index is 6.05. The summed E-state index contributed by atoms with van der Waals surface area (Å²) >= 11 is 0. The highest BCUT2D eigenvalue weighted by Crippen LogP contribution is 2.41. The van der Waals surface area contributed by atoms with Gasteiger partial charge in [-0.25, -0.2) is 0 Å². The van der Waals surface area contributed by atoms with Gasteiger partial charge in [0, 0.05) is 33.9 Å². The molecule has 2 N–H and O–H groups in total. The second kappa shape index (κ2) is 13.1. The molecule has 0 spiro atoms. The van der Waals surface area contributed by atoms with E-state index < -0.39 is 16.1 Å². The van der Waals surface area contributed by atoms with Crippen LogP contribution in [0.25, 0.3) is 22.3 Å². The monoisotopic (exact) mass is 618 g/mol. The first-order chi connectivity index (χ1) is 21.3. The molecule has 0 saturated carbocycles. The molecule has 5 aromatic rings. The summed E-state index contributed by atoms with van der Waals surface area (Å²) in [4.78, 5) is 2.32. The number of hydrogen-bond donors (Lipinski definition) is 1. The van der Waals surface area contributed by atoms with Gasteiger partial charge in [0.15, 0.2) is 0 Å². The lowest BCUT2D eigenvalue weighted by Crippen LogP contribution is -2.16. The number of nitrogens with two attached hydrogens (primary N) is 1. The van der Waals surface area contributed by atoms with Crippen LogP contribution in [0.1, 0.15) is 16.7 Å². The van der Waals surface area contributed by atoms with Crippen LogP contribution in [-0.4, -0.2) is 16.1 Å². The molecule has 0 aliphatic heterocycles. The Balaban J connectivity index is 1.66. The van der Waals surface area contributed by atoms with E-state index in [0.29, 0.717) is 0 Å². The number of nitrogen functional groups attached to an aromatic ring is 1. The number of rotatable bonds is 5. The molecule has 5 aromatic carbocycles. The lowest BCUT2D eigenvalue weighted by atomic mass is 9.92. The maximum Gasteiger partial charge on any atom is 0.129 e. The van der Waals surface area contributed by atoms with E-state index in [2.05, 4.69) is 177 Å². The van der Waals surface area contributed by atoms with E-state index in [9.17, 15) is 0 Å². The van der Waals surface area contributed by atoms with Crippen LogP contribution in [0.3, 0.4) is 0 Å². The second-order valence-electron chi connectivity index (χ2n) is 13.7. The average molecular weight is 619 g/mol. The summed E-state index contributed by atoms with van der Waals surface area (Å²) in [5, 5.41) is 0. The van der Waals surface area contributed by atoms with Crippen molar-refractivity contribution >= 4 is 38.9 Å². The van der Waals surface area contributed by atoms with Gasteiger partial charge in [-0.15, -0.1) is 11.1 Å². The molecule has 0 atom stereocenters. The summed E-state index contributed by atoms with van der Waals surface area (Å²) in [6.45, 7) is 15.8. The topological polar surface area (TPSA) is 29.3 Å². The molecule has 0 aliphatic rings. The van der Waals surface area contributed by atoms with Crippen LogP contribution in [0.5, 0.6) is 0 Å². The summed E-state index contributed by atoms with van der Waals surface area (Å²) in [5.41, 5.74) is 25.0. The fourth-order valence-corrected chi connectivity index (χ4v) is 6.03. The summed E-state index contributed by atoms with van der Waals surface area (Å²) in [7, 11) is -2.94. The molecular formula is C41H42N2Si2. The van der Waals surface area contributed by atoms with Crippen molar-refractivity contribution in [3.8, 4) is 45.2 Å². The van der Waals surface area contributed by atoms with E-state index in [0.717, 1.165) is 39.4 Å². The molecule has 0 bridgehead atoms. The predicted molar refractivity (Wildman–Crippen MR) is 202 cm³/mol. The second-order valence-corrected chi connectivity index (χ2v) is 23.2. The van der Waals surface area contributed by atoms with Crippen LogP contribution < -0.4 is 10.6 Å². The minimum absolute atomic E-state index is 0.759. The van der Waals surface area contributed by atoms with Crippen molar-refractivity contribution in [3.05, 3.63) is 132 Å². The Kier molecular flexibility index (Phi) is 9.21. The first-order valence-corrected chi connectivity index (χ1v) is 22.5. The van der Waals surface area contributed by atoms with Gasteiger partial charge < -0.3 is 10.6 Å². The van der Waals surface area contributed by atoms with Crippen molar-refractivity contribution < 1.29 is 0 Å². The summed E-state index contributed by atoms with van der Waals surface area (Å²) in [5.74, 6) is 6.80. The molecule has 5 rings (SSSR count). The van der Waals surface area contributed by atoms with Gasteiger partial charge in [0.2, 0.25) is 0 Å². The highest BCUT2D eigenvalue weighted by atomic mass is 28.3. The Bertz CT molecular complexity index is 1840. The fraction of sp³-hybridized carbons (Fsp3) is 0.171. The molecule has 45 heavy (non-hydrogen) atoms. The van der Waals surface area contributed by atoms with Crippen molar-refractivity contribution in [2.45, 2.75) is 46.2 Å². The van der Waals surface area contributed by atoms with Gasteiger partial charge in [-0.05, 0) is 102 Å². The van der Waals surface area contributed by atoms with Crippen LogP contribution in [0.4, 0.5) is 22.7 Å². The number of nitrogens with zero attached hydrogens (tertiary/aromatic N) is 1. The lowest BCUT2D eigenvalue weighted by Gasteiger charge is -2.27. The molecular weight excluding hydrogens is 577 g/mol. The van der Waals surface area contributed by atoms with Gasteiger partial charge in [-0.3, -0.25) is 0 Å². The molecule has 4 heteroatoms. The Morgan fingerprint density at radius 1 is 0.511 bits per heavy atom. The SMILES string of the molecule is Cc1cccc(-c2cc(N(c3ccc(C#C[Si](C)(C)C)cc3)c3ccc(C#C[Si](C)(C)C)cc3)ccc2-c2ccc(N)cc2)c1. The fourth-order valence-electron chi connectivity index (χ4n) is 4.99. The summed E-state index contributed by atoms with van der Waals surface area (Å²) in [6.07, 6.45) is 0. The normalized spacial score (nSPS) is 11.2. The van der Waals surface area contributed by atoms with Crippen LogP contribution >= 0.6 is 0 Å². The molecule has 0 aliphatic carbocycles. The number of benzene rings is 5. The standard InChI is InChI=1S/C41H42N2Si2/c1-31-9-8-10-35(29-31)41-30-39(23-24-40(41)34-15-17-36(42)18-16-34)43(37-19-11-32(12-20-37)25-27-44(2,3)4)38-21-13-33(14-22-38)26-28-45(5,6)7/h8-24,29-30H,42H2,1-7H3. The number of hydrogen-bond acceptors (Lipinski definition) is 2. The van der Waals surface area contributed by atoms with Gasteiger partial charge in [0.05, 0.1) is 0 Å². The Morgan fingerprint density at radius 2 is 1.02 bits per heavy atom. The third-order valence-corrected chi connectivity index (χ3v) is 8.98. The van der Waals surface area contributed by atoms with Crippen LogP contribution in [-0.2, 0) is 0 Å².